The number of carbonyl (C=O) groups excluding carboxylic acids is 2. The van der Waals surface area contributed by atoms with Gasteiger partial charge in [0.2, 0.25) is 11.8 Å². The van der Waals surface area contributed by atoms with Gasteiger partial charge in [0.1, 0.15) is 41.3 Å². The molecule has 6 aliphatic rings. The molecule has 20 heteroatoms. The van der Waals surface area contributed by atoms with Crippen LogP contribution in [0.2, 0.25) is 0 Å². The number of aromatic hydroxyl groups is 1. The number of aromatic nitrogens is 5. The lowest BCUT2D eigenvalue weighted by Gasteiger charge is -2.38. The number of aryl methyl sites for hydroxylation is 2. The van der Waals surface area contributed by atoms with Gasteiger partial charge in [-0.25, -0.2) is 9.37 Å². The highest BCUT2D eigenvalue weighted by Crippen LogP contribution is 2.45. The molecule has 2 bridgehead atoms. The van der Waals surface area contributed by atoms with Gasteiger partial charge in [-0.2, -0.15) is 9.97 Å². The fourth-order valence-electron chi connectivity index (χ4n) is 14.9. The molecule has 4 N–H and O–H groups in total. The summed E-state index contributed by atoms with van der Waals surface area (Å²) in [5.41, 5.74) is 6.53. The first-order valence-electron chi connectivity index (χ1n) is 30.8. The zero-order chi connectivity index (χ0) is 58.7. The first-order valence-corrected chi connectivity index (χ1v) is 31.7. The Kier molecular flexibility index (Phi) is 16.0. The molecule has 85 heavy (non-hydrogen) atoms. The lowest BCUT2D eigenvalue weighted by Crippen LogP contribution is -2.51. The van der Waals surface area contributed by atoms with Crippen molar-refractivity contribution in [2.45, 2.75) is 147 Å². The molecular formula is C65H78FN11O7S. The minimum Gasteiger partial charge on any atom is -0.508 e. The number of piperidine rings is 1. The topological polar surface area (TPSA) is 208 Å². The number of fused-ring (bicyclic) bond motifs is 5. The standard InChI is InChI=1S/C65H78FN11O7S/c1-6-41-9-7-10-44-25-48(78)26-50(56(41)44)58-57(66)59-51(29-67-58)61(75-30-45-15-16-46(31-75)70-45)72-64(71-59)83-35-65-20-8-22-77(65)47(17-21-65)32-74-23-18-40(19-24-74)34-82-54-28-53(84-73-54)55(37(2)3)63(81)76-33-49(79)27-52(76)62(80)69-38(4)42-11-13-43(14-12-42)60-39(5)68-36-85-60/h7,9-14,25-26,28-29,36-38,40,45-47,49,52,55,70,78-79H,6,8,15-24,27,30-35H2,1-5H3,(H,69,80)/t38-,45?,46?,47-,49+,52-,55+,65+/m0/s1. The molecule has 0 radical (unpaired) electrons. The van der Waals surface area contributed by atoms with Gasteiger partial charge in [0, 0.05) is 68.6 Å². The van der Waals surface area contributed by atoms with Crippen molar-refractivity contribution in [3.05, 3.63) is 101 Å². The summed E-state index contributed by atoms with van der Waals surface area (Å²) in [5, 5.41) is 35.0. The van der Waals surface area contributed by atoms with E-state index in [-0.39, 0.29) is 65.2 Å². The van der Waals surface area contributed by atoms with Crippen molar-refractivity contribution in [1.82, 2.24) is 50.4 Å². The average molecular weight is 1180 g/mol. The summed E-state index contributed by atoms with van der Waals surface area (Å²) in [5.74, 6) is -0.359. The first kappa shape index (κ1) is 57.2. The number of likely N-dealkylation sites (tertiary alicyclic amines) is 2. The van der Waals surface area contributed by atoms with Crippen molar-refractivity contribution in [3.8, 4) is 39.3 Å². The average Bonchev–Trinajstić information content (AvgIpc) is 3.49. The van der Waals surface area contributed by atoms with E-state index in [1.54, 1.807) is 35.7 Å². The molecule has 2 unspecified atom stereocenters. The van der Waals surface area contributed by atoms with Crippen LogP contribution in [-0.2, 0) is 16.0 Å². The molecule has 4 aromatic heterocycles. The van der Waals surface area contributed by atoms with Gasteiger partial charge in [-0.3, -0.25) is 19.5 Å². The van der Waals surface area contributed by atoms with Crippen LogP contribution in [-0.4, -0.2) is 157 Å². The highest BCUT2D eigenvalue weighted by atomic mass is 32.1. The number of aliphatic hydroxyl groups excluding tert-OH is 1. The number of benzene rings is 3. The Hall–Kier alpha value is -6.84. The molecule has 3 aromatic carbocycles. The number of halogens is 1. The predicted molar refractivity (Wildman–Crippen MR) is 324 cm³/mol. The van der Waals surface area contributed by atoms with Crippen molar-refractivity contribution in [3.63, 3.8) is 0 Å². The number of nitrogens with one attached hydrogen (secondary N) is 2. The quantitative estimate of drug-likeness (QED) is 0.0631. The Morgan fingerprint density at radius 3 is 2.51 bits per heavy atom. The van der Waals surface area contributed by atoms with E-state index in [1.807, 2.05) is 75.7 Å². The molecule has 0 saturated carbocycles. The van der Waals surface area contributed by atoms with Gasteiger partial charge in [0.05, 0.1) is 45.8 Å². The van der Waals surface area contributed by atoms with Crippen LogP contribution in [0.5, 0.6) is 17.6 Å². The van der Waals surface area contributed by atoms with E-state index in [0.717, 1.165) is 135 Å². The van der Waals surface area contributed by atoms with Crippen LogP contribution in [0.3, 0.4) is 0 Å². The maximum Gasteiger partial charge on any atom is 0.319 e. The third kappa shape index (κ3) is 11.3. The third-order valence-electron chi connectivity index (χ3n) is 19.4. The largest absolute Gasteiger partial charge is 0.508 e. The van der Waals surface area contributed by atoms with Gasteiger partial charge in [-0.1, -0.05) is 63.2 Å². The van der Waals surface area contributed by atoms with Crippen molar-refractivity contribution in [2.24, 2.45) is 11.8 Å². The second-order valence-corrected chi connectivity index (χ2v) is 26.1. The Labute approximate surface area is 499 Å². The number of hydrogen-bond donors (Lipinski definition) is 4. The van der Waals surface area contributed by atoms with Gasteiger partial charge < -0.3 is 49.5 Å². The highest BCUT2D eigenvalue weighted by Gasteiger charge is 2.51. The zero-order valence-electron chi connectivity index (χ0n) is 49.3. The van der Waals surface area contributed by atoms with Crippen LogP contribution in [0.15, 0.2) is 76.9 Å². The number of rotatable bonds is 18. The fraction of sp³-hybridized carbons (Fsp3) is 0.523. The number of nitrogens with zero attached hydrogens (tertiary/aromatic N) is 9. The van der Waals surface area contributed by atoms with Gasteiger partial charge in [-0.15, -0.1) is 11.3 Å². The number of β-amino-alcohol motifs (C(OH)–C–C–N with tert-alkyl or cyclic N) is 1. The summed E-state index contributed by atoms with van der Waals surface area (Å²) >= 11 is 1.59. The molecule has 18 nitrogen and oxygen atoms in total. The molecule has 10 heterocycles. The van der Waals surface area contributed by atoms with E-state index >= 15 is 4.39 Å². The minimum absolute atomic E-state index is 0.0471. The number of pyridine rings is 1. The number of thiazole rings is 1. The monoisotopic (exact) mass is 1180 g/mol. The molecule has 6 saturated heterocycles. The third-order valence-corrected chi connectivity index (χ3v) is 20.4. The van der Waals surface area contributed by atoms with Gasteiger partial charge in [0.15, 0.2) is 11.6 Å². The predicted octanol–water partition coefficient (Wildman–Crippen LogP) is 9.36. The summed E-state index contributed by atoms with van der Waals surface area (Å²) < 4.78 is 36.2. The number of phenolic OH excluding ortho intramolecular Hbond substituents is 1. The van der Waals surface area contributed by atoms with Crippen molar-refractivity contribution < 1.29 is 38.2 Å². The molecule has 0 aliphatic carbocycles. The summed E-state index contributed by atoms with van der Waals surface area (Å²) in [6.07, 6.45) is 10.0. The lowest BCUT2D eigenvalue weighted by molar-refractivity contribution is -0.141. The van der Waals surface area contributed by atoms with E-state index in [1.165, 1.54) is 4.90 Å². The fourth-order valence-corrected chi connectivity index (χ4v) is 15.7. The molecular weight excluding hydrogens is 1100 g/mol. The van der Waals surface area contributed by atoms with E-state index in [4.69, 9.17) is 28.9 Å². The minimum atomic E-state index is -0.838. The number of phenols is 1. The van der Waals surface area contributed by atoms with Gasteiger partial charge >= 0.3 is 6.01 Å². The molecule has 2 amide bonds. The summed E-state index contributed by atoms with van der Waals surface area (Å²) in [6.45, 7) is 16.2. The molecule has 0 spiro atoms. The number of hydrogen-bond acceptors (Lipinski definition) is 17. The number of anilines is 1. The van der Waals surface area contributed by atoms with Crippen LogP contribution < -0.4 is 25.0 Å². The van der Waals surface area contributed by atoms with Crippen LogP contribution in [0.1, 0.15) is 120 Å². The normalized spacial score (nSPS) is 24.4. The van der Waals surface area contributed by atoms with Crippen LogP contribution >= 0.6 is 11.3 Å². The van der Waals surface area contributed by atoms with Crippen LogP contribution in [0, 0.1) is 24.6 Å². The molecule has 13 rings (SSSR count). The number of piperazine rings is 1. The maximum absolute atomic E-state index is 17.4. The Morgan fingerprint density at radius 2 is 1.75 bits per heavy atom. The van der Waals surface area contributed by atoms with E-state index in [2.05, 4.69) is 42.4 Å². The maximum atomic E-state index is 17.4. The Morgan fingerprint density at radius 1 is 0.953 bits per heavy atom. The first-order chi connectivity index (χ1) is 41.2. The molecule has 6 aliphatic heterocycles. The number of amides is 2. The van der Waals surface area contributed by atoms with E-state index in [0.29, 0.717) is 65.7 Å². The number of carbonyl (C=O) groups is 2. The zero-order valence-corrected chi connectivity index (χ0v) is 50.1. The van der Waals surface area contributed by atoms with Gasteiger partial charge in [-0.05, 0) is 148 Å². The molecule has 8 atom stereocenters. The van der Waals surface area contributed by atoms with Crippen molar-refractivity contribution >= 4 is 50.6 Å². The van der Waals surface area contributed by atoms with Gasteiger partial charge in [0.25, 0.3) is 5.88 Å². The highest BCUT2D eigenvalue weighted by molar-refractivity contribution is 7.13. The summed E-state index contributed by atoms with van der Waals surface area (Å²) in [7, 11) is 0. The smallest absolute Gasteiger partial charge is 0.319 e. The van der Waals surface area contributed by atoms with E-state index in [9.17, 15) is 19.8 Å². The van der Waals surface area contributed by atoms with E-state index < -0.39 is 23.9 Å². The van der Waals surface area contributed by atoms with Crippen molar-refractivity contribution in [2.75, 3.05) is 63.9 Å². The second kappa shape index (κ2) is 23.8. The van der Waals surface area contributed by atoms with Crippen molar-refractivity contribution in [1.29, 1.82) is 0 Å². The van der Waals surface area contributed by atoms with Crippen LogP contribution in [0.4, 0.5) is 10.2 Å². The number of aliphatic hydroxyl groups is 1. The lowest BCUT2D eigenvalue weighted by atomic mass is 9.91. The molecule has 6 fully saturated rings. The SMILES string of the molecule is CCc1cccc2cc(O)cc(-c3ncc4c(N5CC6CCC(C5)N6)nc(OC[C@]56CCCN5[C@H](CN5CCC(COc7cc([C@H](C(=O)N8C[C@H](O)C[C@H]8C(=O)N[C@@H](C)c8ccc(-c9scnc9C)cc8)C(C)C)on7)CC5)CC6)nc4c3F)c12. The summed E-state index contributed by atoms with van der Waals surface area (Å²) in [4.78, 5) is 57.5. The molecule has 448 valence electrons. The van der Waals surface area contributed by atoms with Crippen LogP contribution in [0.25, 0.3) is 43.4 Å². The Bertz CT molecular complexity index is 3580. The number of ether oxygens (including phenoxy) is 2. The second-order valence-electron chi connectivity index (χ2n) is 25.3. The molecule has 7 aromatic rings. The Balaban J connectivity index is 0.626. The summed E-state index contributed by atoms with van der Waals surface area (Å²) in [6, 6.07) is 19.1.